The number of benzene rings is 1. The molecule has 0 unspecified atom stereocenters. The molecule has 4 rings (SSSR count). The van der Waals surface area contributed by atoms with Crippen molar-refractivity contribution in [1.29, 1.82) is 0 Å². The highest BCUT2D eigenvalue weighted by Crippen LogP contribution is 2.26. The SMILES string of the molecule is O=C(OCc1csc(-c2ccsc2)n1)c1ccc(N2C(=O)CCC2=O)cc1. The van der Waals surface area contributed by atoms with Gasteiger partial charge in [-0.1, -0.05) is 0 Å². The van der Waals surface area contributed by atoms with E-state index in [1.54, 1.807) is 35.6 Å². The van der Waals surface area contributed by atoms with Crippen LogP contribution in [0, 0.1) is 0 Å². The number of imide groups is 1. The summed E-state index contributed by atoms with van der Waals surface area (Å²) < 4.78 is 5.31. The molecule has 136 valence electrons. The molecule has 6 nitrogen and oxygen atoms in total. The average Bonchev–Trinajstić information content (AvgIpc) is 3.41. The van der Waals surface area contributed by atoms with Gasteiger partial charge in [0.1, 0.15) is 11.6 Å². The van der Waals surface area contributed by atoms with Crippen LogP contribution in [0.2, 0.25) is 0 Å². The van der Waals surface area contributed by atoms with Gasteiger partial charge in [0.05, 0.1) is 16.9 Å². The van der Waals surface area contributed by atoms with Crippen LogP contribution in [0.15, 0.2) is 46.5 Å². The summed E-state index contributed by atoms with van der Waals surface area (Å²) in [5.74, 6) is -0.925. The molecular formula is C19H14N2O4S2. The van der Waals surface area contributed by atoms with Gasteiger partial charge in [-0.05, 0) is 35.7 Å². The zero-order valence-electron chi connectivity index (χ0n) is 14.1. The second kappa shape index (κ2) is 7.42. The van der Waals surface area contributed by atoms with Crippen LogP contribution in [0.25, 0.3) is 10.6 Å². The number of nitrogens with zero attached hydrogens (tertiary/aromatic N) is 2. The topological polar surface area (TPSA) is 76.6 Å². The fourth-order valence-corrected chi connectivity index (χ4v) is 4.24. The zero-order valence-corrected chi connectivity index (χ0v) is 15.7. The van der Waals surface area contributed by atoms with Gasteiger partial charge in [0.15, 0.2) is 0 Å². The minimum atomic E-state index is -0.481. The van der Waals surface area contributed by atoms with Gasteiger partial charge in [0.2, 0.25) is 11.8 Å². The van der Waals surface area contributed by atoms with Gasteiger partial charge < -0.3 is 4.74 Å². The number of esters is 1. The number of thiazole rings is 1. The lowest BCUT2D eigenvalue weighted by atomic mass is 10.2. The van der Waals surface area contributed by atoms with Crippen LogP contribution in [0.4, 0.5) is 5.69 Å². The van der Waals surface area contributed by atoms with E-state index < -0.39 is 5.97 Å². The van der Waals surface area contributed by atoms with Gasteiger partial charge in [-0.15, -0.1) is 11.3 Å². The molecule has 0 radical (unpaired) electrons. The molecule has 0 N–H and O–H groups in total. The Morgan fingerprint density at radius 2 is 1.81 bits per heavy atom. The summed E-state index contributed by atoms with van der Waals surface area (Å²) in [6, 6.07) is 8.25. The molecule has 0 atom stereocenters. The van der Waals surface area contributed by atoms with E-state index >= 15 is 0 Å². The van der Waals surface area contributed by atoms with Crippen LogP contribution in [-0.4, -0.2) is 22.8 Å². The Hall–Kier alpha value is -2.84. The number of hydrogen-bond acceptors (Lipinski definition) is 7. The molecule has 3 aromatic rings. The third-order valence-electron chi connectivity index (χ3n) is 4.08. The van der Waals surface area contributed by atoms with E-state index in [1.165, 1.54) is 11.3 Å². The van der Waals surface area contributed by atoms with Crippen molar-refractivity contribution in [2.24, 2.45) is 0 Å². The lowest BCUT2D eigenvalue weighted by Crippen LogP contribution is -2.28. The molecule has 27 heavy (non-hydrogen) atoms. The lowest BCUT2D eigenvalue weighted by molar-refractivity contribution is -0.121. The van der Waals surface area contributed by atoms with E-state index in [4.69, 9.17) is 4.74 Å². The summed E-state index contributed by atoms with van der Waals surface area (Å²) in [5.41, 5.74) is 2.58. The normalized spacial score (nSPS) is 14.0. The first-order chi connectivity index (χ1) is 13.1. The molecular weight excluding hydrogens is 384 g/mol. The predicted octanol–water partition coefficient (Wildman–Crippen LogP) is 3.88. The molecule has 1 aliphatic heterocycles. The van der Waals surface area contributed by atoms with E-state index in [0.29, 0.717) is 16.9 Å². The van der Waals surface area contributed by atoms with Crippen molar-refractivity contribution in [3.63, 3.8) is 0 Å². The zero-order chi connectivity index (χ0) is 18.8. The van der Waals surface area contributed by atoms with E-state index in [9.17, 15) is 14.4 Å². The Morgan fingerprint density at radius 1 is 1.07 bits per heavy atom. The number of carbonyl (C=O) groups excluding carboxylic acids is 3. The van der Waals surface area contributed by atoms with Crippen molar-refractivity contribution in [3.8, 4) is 10.6 Å². The van der Waals surface area contributed by atoms with Crippen LogP contribution in [-0.2, 0) is 20.9 Å². The highest BCUT2D eigenvalue weighted by Gasteiger charge is 2.30. The number of anilines is 1. The second-order valence-corrected chi connectivity index (χ2v) is 7.54. The van der Waals surface area contributed by atoms with Crippen LogP contribution in [0.1, 0.15) is 28.9 Å². The molecule has 2 aromatic heterocycles. The van der Waals surface area contributed by atoms with Crippen LogP contribution in [0.3, 0.4) is 0 Å². The number of aromatic nitrogens is 1. The van der Waals surface area contributed by atoms with E-state index in [1.807, 2.05) is 22.2 Å². The molecule has 1 fully saturated rings. The summed E-state index contributed by atoms with van der Waals surface area (Å²) in [6.07, 6.45) is 0.452. The highest BCUT2D eigenvalue weighted by molar-refractivity contribution is 7.14. The van der Waals surface area contributed by atoms with E-state index in [-0.39, 0.29) is 31.3 Å². The Labute approximate surface area is 163 Å². The van der Waals surface area contributed by atoms with Crippen LogP contribution < -0.4 is 4.90 Å². The van der Waals surface area contributed by atoms with Crippen molar-refractivity contribution >= 4 is 46.1 Å². The molecule has 0 spiro atoms. The number of ether oxygens (including phenoxy) is 1. The van der Waals surface area contributed by atoms with Gasteiger partial charge in [-0.2, -0.15) is 11.3 Å². The van der Waals surface area contributed by atoms with Crippen molar-refractivity contribution in [1.82, 2.24) is 4.98 Å². The van der Waals surface area contributed by atoms with Gasteiger partial charge in [0.25, 0.3) is 0 Å². The predicted molar refractivity (Wildman–Crippen MR) is 103 cm³/mol. The Bertz CT molecular complexity index is 977. The van der Waals surface area contributed by atoms with Gasteiger partial charge >= 0.3 is 5.97 Å². The minimum absolute atomic E-state index is 0.0876. The molecule has 8 heteroatoms. The number of rotatable bonds is 5. The Kier molecular flexibility index (Phi) is 4.83. The first-order valence-electron chi connectivity index (χ1n) is 8.22. The molecule has 1 aliphatic rings. The van der Waals surface area contributed by atoms with E-state index in [0.717, 1.165) is 15.5 Å². The largest absolute Gasteiger partial charge is 0.456 e. The van der Waals surface area contributed by atoms with Gasteiger partial charge in [-0.25, -0.2) is 9.78 Å². The second-order valence-electron chi connectivity index (χ2n) is 5.90. The lowest BCUT2D eigenvalue weighted by Gasteiger charge is -2.13. The Morgan fingerprint density at radius 3 is 2.48 bits per heavy atom. The maximum atomic E-state index is 12.2. The van der Waals surface area contributed by atoms with Crippen molar-refractivity contribution in [2.75, 3.05) is 4.90 Å². The average molecular weight is 398 g/mol. The minimum Gasteiger partial charge on any atom is -0.456 e. The van der Waals surface area contributed by atoms with E-state index in [2.05, 4.69) is 4.98 Å². The third kappa shape index (κ3) is 3.67. The summed E-state index contributed by atoms with van der Waals surface area (Å²) in [4.78, 5) is 41.4. The maximum Gasteiger partial charge on any atom is 0.338 e. The maximum absolute atomic E-state index is 12.2. The fraction of sp³-hybridized carbons (Fsp3) is 0.158. The number of carbonyl (C=O) groups is 3. The fourth-order valence-electron chi connectivity index (χ4n) is 2.73. The smallest absolute Gasteiger partial charge is 0.338 e. The quantitative estimate of drug-likeness (QED) is 0.481. The number of thiophene rings is 1. The Balaban J connectivity index is 1.39. The summed E-state index contributed by atoms with van der Waals surface area (Å²) in [7, 11) is 0. The van der Waals surface area contributed by atoms with Crippen molar-refractivity contribution < 1.29 is 19.1 Å². The van der Waals surface area contributed by atoms with Gasteiger partial charge in [-0.3, -0.25) is 14.5 Å². The molecule has 1 saturated heterocycles. The molecule has 0 saturated carbocycles. The molecule has 3 heterocycles. The highest BCUT2D eigenvalue weighted by atomic mass is 32.1. The van der Waals surface area contributed by atoms with Crippen LogP contribution >= 0.6 is 22.7 Å². The monoisotopic (exact) mass is 398 g/mol. The van der Waals surface area contributed by atoms with Crippen molar-refractivity contribution in [3.05, 3.63) is 57.7 Å². The van der Waals surface area contributed by atoms with Gasteiger partial charge in [0, 0.05) is 29.2 Å². The molecule has 1 aromatic carbocycles. The number of amides is 2. The molecule has 0 aliphatic carbocycles. The summed E-state index contributed by atoms with van der Waals surface area (Å²) in [5, 5.41) is 6.77. The first-order valence-corrected chi connectivity index (χ1v) is 10.0. The third-order valence-corrected chi connectivity index (χ3v) is 5.71. The summed E-state index contributed by atoms with van der Waals surface area (Å²) in [6.45, 7) is 0.0876. The molecule has 2 amide bonds. The number of hydrogen-bond donors (Lipinski definition) is 0. The van der Waals surface area contributed by atoms with Crippen molar-refractivity contribution in [2.45, 2.75) is 19.4 Å². The molecule has 0 bridgehead atoms. The summed E-state index contributed by atoms with van der Waals surface area (Å²) >= 11 is 3.11. The first kappa shape index (κ1) is 17.6. The van der Waals surface area contributed by atoms with Crippen LogP contribution in [0.5, 0.6) is 0 Å². The standard InChI is InChI=1S/C19H14N2O4S2/c22-16-5-6-17(23)21(16)15-3-1-12(2-4-15)19(24)25-9-14-11-27-18(20-14)13-7-8-26-10-13/h1-4,7-8,10-11H,5-6,9H2.